The number of amides is 2. The average molecular weight is 488 g/mol. The first-order valence-electron chi connectivity index (χ1n) is 11.1. The Morgan fingerprint density at radius 3 is 2.26 bits per heavy atom. The van der Waals surface area contributed by atoms with E-state index in [4.69, 9.17) is 4.74 Å². The van der Waals surface area contributed by atoms with Gasteiger partial charge in [-0.15, -0.1) is 6.58 Å². The van der Waals surface area contributed by atoms with Gasteiger partial charge >= 0.3 is 0 Å². The largest absolute Gasteiger partial charge is 0.497 e. The van der Waals surface area contributed by atoms with Gasteiger partial charge in [0.25, 0.3) is 0 Å². The molecule has 2 N–H and O–H groups in total. The summed E-state index contributed by atoms with van der Waals surface area (Å²) in [6.45, 7) is 7.90. The highest BCUT2D eigenvalue weighted by atomic mass is 32.2. The van der Waals surface area contributed by atoms with E-state index in [1.807, 2.05) is 24.3 Å². The molecule has 2 aromatic rings. The topological polar surface area (TPSA) is 105 Å². The Morgan fingerprint density at radius 1 is 1.09 bits per heavy atom. The second kappa shape index (κ2) is 12.9. The van der Waals surface area contributed by atoms with Gasteiger partial charge in [0.15, 0.2) is 0 Å². The van der Waals surface area contributed by atoms with E-state index in [2.05, 4.69) is 16.6 Å². The number of carbonyl (C=O) groups excluding carboxylic acids is 2. The van der Waals surface area contributed by atoms with Gasteiger partial charge in [0.1, 0.15) is 11.8 Å². The van der Waals surface area contributed by atoms with Crippen LogP contribution in [0, 0.1) is 0 Å². The zero-order valence-corrected chi connectivity index (χ0v) is 20.7. The Balaban J connectivity index is 2.13. The molecule has 8 nitrogen and oxygen atoms in total. The molecule has 0 aromatic heterocycles. The molecule has 1 unspecified atom stereocenters. The second-order valence-corrected chi connectivity index (χ2v) is 9.49. The van der Waals surface area contributed by atoms with E-state index < -0.39 is 16.1 Å². The van der Waals surface area contributed by atoms with E-state index in [0.717, 1.165) is 11.1 Å². The summed E-state index contributed by atoms with van der Waals surface area (Å²) in [4.78, 5) is 27.5. The van der Waals surface area contributed by atoms with Crippen LogP contribution in [-0.2, 0) is 32.6 Å². The predicted molar refractivity (Wildman–Crippen MR) is 132 cm³/mol. The van der Waals surface area contributed by atoms with Crippen LogP contribution < -0.4 is 14.8 Å². The maximum absolute atomic E-state index is 13.2. The fourth-order valence-electron chi connectivity index (χ4n) is 3.33. The molecule has 0 bridgehead atoms. The van der Waals surface area contributed by atoms with Crippen LogP contribution in [0.1, 0.15) is 31.4 Å². The molecule has 0 fully saturated rings. The first-order valence-corrected chi connectivity index (χ1v) is 12.6. The lowest BCUT2D eigenvalue weighted by atomic mass is 10.1. The summed E-state index contributed by atoms with van der Waals surface area (Å²) in [5, 5.41) is 2.74. The molecule has 184 valence electrons. The summed E-state index contributed by atoms with van der Waals surface area (Å²) in [6, 6.07) is 13.1. The van der Waals surface area contributed by atoms with Gasteiger partial charge < -0.3 is 15.0 Å². The van der Waals surface area contributed by atoms with Crippen molar-refractivity contribution in [1.82, 2.24) is 14.9 Å². The fraction of sp³-hybridized carbons (Fsp3) is 0.360. The van der Waals surface area contributed by atoms with Crippen molar-refractivity contribution >= 4 is 21.8 Å². The molecule has 0 radical (unpaired) electrons. The fourth-order valence-corrected chi connectivity index (χ4v) is 4.38. The van der Waals surface area contributed by atoms with Crippen LogP contribution in [0.5, 0.6) is 5.75 Å². The van der Waals surface area contributed by atoms with E-state index >= 15 is 0 Å². The Morgan fingerprint density at radius 2 is 1.71 bits per heavy atom. The van der Waals surface area contributed by atoms with Gasteiger partial charge in [0.05, 0.1) is 12.0 Å². The molecule has 2 aromatic carbocycles. The first kappa shape index (κ1) is 27.1. The van der Waals surface area contributed by atoms with Crippen LogP contribution in [0.25, 0.3) is 0 Å². The number of rotatable bonds is 13. The zero-order valence-electron chi connectivity index (χ0n) is 19.9. The van der Waals surface area contributed by atoms with Crippen LogP contribution in [0.4, 0.5) is 0 Å². The van der Waals surface area contributed by atoms with Crippen LogP contribution in [0.15, 0.2) is 66.1 Å². The minimum atomic E-state index is -3.53. The highest BCUT2D eigenvalue weighted by molar-refractivity contribution is 7.89. The van der Waals surface area contributed by atoms with Gasteiger partial charge in [-0.3, -0.25) is 9.59 Å². The SMILES string of the molecule is C=CCNC(=O)C(C)N(Cc1ccc(OC)cc1)C(=O)CCc1ccc(S(=O)(=O)NCC)cc1. The molecule has 0 aliphatic heterocycles. The standard InChI is InChI=1S/C25H33N3O5S/c1-5-17-26-25(30)19(3)28(18-21-7-12-22(33-4)13-8-21)24(29)16-11-20-9-14-23(15-10-20)34(31,32)27-6-2/h5,7-10,12-15,19,27H,1,6,11,16-18H2,2-4H3,(H,26,30). The minimum absolute atomic E-state index is 0.175. The third kappa shape index (κ3) is 7.71. The Kier molecular flexibility index (Phi) is 10.3. The second-order valence-electron chi connectivity index (χ2n) is 7.72. The molecule has 1 atom stereocenters. The number of sulfonamides is 1. The molecule has 2 amide bonds. The third-order valence-electron chi connectivity index (χ3n) is 5.30. The van der Waals surface area contributed by atoms with Gasteiger partial charge in [-0.25, -0.2) is 13.1 Å². The molecule has 0 spiro atoms. The van der Waals surface area contributed by atoms with Gasteiger partial charge in [0, 0.05) is 26.1 Å². The molecule has 34 heavy (non-hydrogen) atoms. The normalized spacial score (nSPS) is 12.0. The summed E-state index contributed by atoms with van der Waals surface area (Å²) >= 11 is 0. The van der Waals surface area contributed by atoms with Crippen molar-refractivity contribution in [1.29, 1.82) is 0 Å². The number of nitrogens with one attached hydrogen (secondary N) is 2. The summed E-state index contributed by atoms with van der Waals surface area (Å²) in [5.41, 5.74) is 1.70. The Hall–Kier alpha value is -3.17. The van der Waals surface area contributed by atoms with E-state index in [0.29, 0.717) is 25.3 Å². The molecule has 0 heterocycles. The number of hydrogen-bond donors (Lipinski definition) is 2. The third-order valence-corrected chi connectivity index (χ3v) is 6.86. The van der Waals surface area contributed by atoms with Crippen LogP contribution in [-0.4, -0.2) is 51.4 Å². The van der Waals surface area contributed by atoms with E-state index in [1.165, 1.54) is 12.1 Å². The number of carbonyl (C=O) groups is 2. The lowest BCUT2D eigenvalue weighted by Gasteiger charge is -2.29. The highest BCUT2D eigenvalue weighted by Gasteiger charge is 2.25. The number of methoxy groups -OCH3 is 1. The number of hydrogen-bond acceptors (Lipinski definition) is 5. The summed E-state index contributed by atoms with van der Waals surface area (Å²) in [7, 11) is -1.94. The smallest absolute Gasteiger partial charge is 0.242 e. The summed E-state index contributed by atoms with van der Waals surface area (Å²) in [6.07, 6.45) is 2.18. The van der Waals surface area contributed by atoms with Crippen LogP contribution in [0.3, 0.4) is 0 Å². The van der Waals surface area contributed by atoms with E-state index in [9.17, 15) is 18.0 Å². The molecule has 0 saturated carbocycles. The Labute approximate surface area is 202 Å². The van der Waals surface area contributed by atoms with Crippen molar-refractivity contribution in [3.63, 3.8) is 0 Å². The monoisotopic (exact) mass is 487 g/mol. The number of aryl methyl sites for hydroxylation is 1. The van der Waals surface area contributed by atoms with Gasteiger partial charge in [-0.2, -0.15) is 0 Å². The van der Waals surface area contributed by atoms with Crippen molar-refractivity contribution in [2.45, 2.75) is 44.2 Å². The van der Waals surface area contributed by atoms with E-state index in [-0.39, 0.29) is 29.7 Å². The summed E-state index contributed by atoms with van der Waals surface area (Å²) < 4.78 is 31.8. The summed E-state index contributed by atoms with van der Waals surface area (Å²) in [5.74, 6) is 0.263. The number of ether oxygens (including phenoxy) is 1. The number of nitrogens with zero attached hydrogens (tertiary/aromatic N) is 1. The average Bonchev–Trinajstić information content (AvgIpc) is 2.84. The molecular formula is C25H33N3O5S. The van der Waals surface area contributed by atoms with Crippen LogP contribution in [0.2, 0.25) is 0 Å². The van der Waals surface area contributed by atoms with Crippen molar-refractivity contribution in [3.8, 4) is 5.75 Å². The molecule has 0 aliphatic rings. The Bertz CT molecular complexity index is 1070. The lowest BCUT2D eigenvalue weighted by Crippen LogP contribution is -2.47. The van der Waals surface area contributed by atoms with Crippen molar-refractivity contribution in [2.75, 3.05) is 20.2 Å². The highest BCUT2D eigenvalue weighted by Crippen LogP contribution is 2.17. The molecule has 9 heteroatoms. The first-order chi connectivity index (χ1) is 16.2. The maximum Gasteiger partial charge on any atom is 0.242 e. The predicted octanol–water partition coefficient (Wildman–Crippen LogP) is 2.65. The lowest BCUT2D eigenvalue weighted by molar-refractivity contribution is -0.140. The van der Waals surface area contributed by atoms with Crippen molar-refractivity contribution in [2.24, 2.45) is 0 Å². The molecule has 2 rings (SSSR count). The maximum atomic E-state index is 13.2. The van der Waals surface area contributed by atoms with Crippen molar-refractivity contribution in [3.05, 3.63) is 72.3 Å². The van der Waals surface area contributed by atoms with Gasteiger partial charge in [-0.05, 0) is 48.7 Å². The van der Waals surface area contributed by atoms with E-state index in [1.54, 1.807) is 44.1 Å². The van der Waals surface area contributed by atoms with Crippen molar-refractivity contribution < 1.29 is 22.7 Å². The molecule has 0 saturated heterocycles. The molecule has 0 aliphatic carbocycles. The molecular weight excluding hydrogens is 454 g/mol. The van der Waals surface area contributed by atoms with Gasteiger partial charge in [0.2, 0.25) is 21.8 Å². The number of benzene rings is 2. The van der Waals surface area contributed by atoms with Crippen LogP contribution >= 0.6 is 0 Å². The zero-order chi connectivity index (χ0) is 25.1. The minimum Gasteiger partial charge on any atom is -0.497 e. The van der Waals surface area contributed by atoms with Gasteiger partial charge in [-0.1, -0.05) is 37.3 Å². The quantitative estimate of drug-likeness (QED) is 0.423.